The molecule has 1 fully saturated rings. The molecule has 2 aromatic rings. The van der Waals surface area contributed by atoms with Crippen LogP contribution in [0.25, 0.3) is 0 Å². The molecule has 0 radical (unpaired) electrons. The molecule has 1 N–H and O–H groups in total. The van der Waals surface area contributed by atoms with Crippen LogP contribution in [0.3, 0.4) is 0 Å². The zero-order chi connectivity index (χ0) is 17.9. The number of rotatable bonds is 4. The molecule has 7 heteroatoms. The summed E-state index contributed by atoms with van der Waals surface area (Å²) in [4.78, 5) is 31.5. The van der Waals surface area contributed by atoms with Crippen molar-refractivity contribution in [3.05, 3.63) is 41.9 Å². The molecule has 0 aromatic carbocycles. The highest BCUT2D eigenvalue weighted by molar-refractivity contribution is 5.93. The van der Waals surface area contributed by atoms with E-state index in [9.17, 15) is 9.59 Å². The zero-order valence-corrected chi connectivity index (χ0v) is 14.8. The molecule has 4 heterocycles. The van der Waals surface area contributed by atoms with Gasteiger partial charge < -0.3 is 19.2 Å². The molecule has 2 aliphatic rings. The highest BCUT2D eigenvalue weighted by Gasteiger charge is 2.31. The lowest BCUT2D eigenvalue weighted by atomic mass is 9.94. The Morgan fingerprint density at radius 3 is 2.88 bits per heavy atom. The molecule has 0 spiro atoms. The molecular formula is C19H24N4O3. The van der Waals surface area contributed by atoms with Crippen LogP contribution in [0.4, 0.5) is 0 Å². The van der Waals surface area contributed by atoms with Crippen molar-refractivity contribution in [1.82, 2.24) is 19.8 Å². The first-order chi connectivity index (χ1) is 12.7. The lowest BCUT2D eigenvalue weighted by Gasteiger charge is -2.32. The molecule has 2 aliphatic heterocycles. The molecule has 7 nitrogen and oxygen atoms in total. The van der Waals surface area contributed by atoms with E-state index in [1.807, 2.05) is 15.5 Å². The Balaban J connectivity index is 1.39. The standard InChI is InChI=1S/C19H24N4O3/c24-18(20-11-15-5-4-10-26-15)17-16-7-6-14(12-23(16)13-21-17)19(25)22-8-2-1-3-9-22/h4-5,10,13-14H,1-3,6-9,11-12H2,(H,20,24). The van der Waals surface area contributed by atoms with Gasteiger partial charge in [-0.1, -0.05) is 0 Å². The van der Waals surface area contributed by atoms with Crippen LogP contribution in [0.15, 0.2) is 29.1 Å². The number of furan rings is 1. The maximum Gasteiger partial charge on any atom is 0.272 e. The molecule has 2 aromatic heterocycles. The van der Waals surface area contributed by atoms with Gasteiger partial charge in [-0.3, -0.25) is 9.59 Å². The van der Waals surface area contributed by atoms with Gasteiger partial charge in [0.15, 0.2) is 0 Å². The normalized spacial score (nSPS) is 19.8. The fourth-order valence-corrected chi connectivity index (χ4v) is 3.89. The van der Waals surface area contributed by atoms with Gasteiger partial charge in [0.1, 0.15) is 11.5 Å². The van der Waals surface area contributed by atoms with Gasteiger partial charge in [-0.15, -0.1) is 0 Å². The molecule has 1 atom stereocenters. The molecule has 138 valence electrons. The first-order valence-corrected chi connectivity index (χ1v) is 9.36. The van der Waals surface area contributed by atoms with Crippen molar-refractivity contribution >= 4 is 11.8 Å². The third-order valence-corrected chi connectivity index (χ3v) is 5.33. The lowest BCUT2D eigenvalue weighted by Crippen LogP contribution is -2.42. The van der Waals surface area contributed by atoms with Crippen LogP contribution in [0.2, 0.25) is 0 Å². The fourth-order valence-electron chi connectivity index (χ4n) is 3.89. The van der Waals surface area contributed by atoms with Crippen LogP contribution in [0, 0.1) is 5.92 Å². The van der Waals surface area contributed by atoms with Crippen molar-refractivity contribution in [2.45, 2.75) is 45.2 Å². The SMILES string of the molecule is O=C(NCc1ccco1)c1ncn2c1CCC(C(=O)N1CCCCC1)C2. The third kappa shape index (κ3) is 3.38. The van der Waals surface area contributed by atoms with Crippen molar-refractivity contribution in [3.8, 4) is 0 Å². The van der Waals surface area contributed by atoms with E-state index in [0.29, 0.717) is 31.0 Å². The van der Waals surface area contributed by atoms with Crippen molar-refractivity contribution in [2.75, 3.05) is 13.1 Å². The first-order valence-electron chi connectivity index (χ1n) is 9.36. The second-order valence-electron chi connectivity index (χ2n) is 7.08. The van der Waals surface area contributed by atoms with Crippen LogP contribution in [-0.4, -0.2) is 39.4 Å². The van der Waals surface area contributed by atoms with Crippen LogP contribution < -0.4 is 5.32 Å². The van der Waals surface area contributed by atoms with E-state index in [0.717, 1.165) is 38.0 Å². The summed E-state index contributed by atoms with van der Waals surface area (Å²) in [6, 6.07) is 3.61. The summed E-state index contributed by atoms with van der Waals surface area (Å²) in [5, 5.41) is 2.84. The molecule has 0 bridgehead atoms. The monoisotopic (exact) mass is 356 g/mol. The highest BCUT2D eigenvalue weighted by atomic mass is 16.3. The van der Waals surface area contributed by atoms with Crippen LogP contribution in [0.5, 0.6) is 0 Å². The molecule has 0 saturated carbocycles. The topological polar surface area (TPSA) is 80.4 Å². The van der Waals surface area contributed by atoms with Crippen molar-refractivity contribution in [1.29, 1.82) is 0 Å². The van der Waals surface area contributed by atoms with Crippen molar-refractivity contribution in [3.63, 3.8) is 0 Å². The average molecular weight is 356 g/mol. The maximum absolute atomic E-state index is 12.7. The van der Waals surface area contributed by atoms with E-state index in [1.54, 1.807) is 18.7 Å². The first kappa shape index (κ1) is 16.9. The smallest absolute Gasteiger partial charge is 0.272 e. The lowest BCUT2D eigenvalue weighted by molar-refractivity contribution is -0.137. The second-order valence-corrected chi connectivity index (χ2v) is 7.08. The number of nitrogens with zero attached hydrogens (tertiary/aromatic N) is 3. The van der Waals surface area contributed by atoms with E-state index in [-0.39, 0.29) is 17.7 Å². The Bertz CT molecular complexity index is 775. The number of fused-ring (bicyclic) bond motifs is 1. The van der Waals surface area contributed by atoms with Gasteiger partial charge in [0.25, 0.3) is 5.91 Å². The minimum Gasteiger partial charge on any atom is -0.467 e. The van der Waals surface area contributed by atoms with Gasteiger partial charge in [-0.05, 0) is 44.2 Å². The van der Waals surface area contributed by atoms with Gasteiger partial charge in [0.2, 0.25) is 5.91 Å². The molecule has 0 aliphatic carbocycles. The van der Waals surface area contributed by atoms with Gasteiger partial charge in [-0.25, -0.2) is 4.98 Å². The predicted molar refractivity (Wildman–Crippen MR) is 94.3 cm³/mol. The van der Waals surface area contributed by atoms with Gasteiger partial charge in [0, 0.05) is 19.6 Å². The van der Waals surface area contributed by atoms with Crippen molar-refractivity contribution in [2.24, 2.45) is 5.92 Å². The summed E-state index contributed by atoms with van der Waals surface area (Å²) >= 11 is 0. The minimum absolute atomic E-state index is 0.00571. The largest absolute Gasteiger partial charge is 0.467 e. The highest BCUT2D eigenvalue weighted by Crippen LogP contribution is 2.25. The molecular weight excluding hydrogens is 332 g/mol. The number of imidazole rings is 1. The average Bonchev–Trinajstić information content (AvgIpc) is 3.35. The summed E-state index contributed by atoms with van der Waals surface area (Å²) in [5.74, 6) is 0.760. The molecule has 4 rings (SSSR count). The van der Waals surface area contributed by atoms with Gasteiger partial charge in [-0.2, -0.15) is 0 Å². The van der Waals surface area contributed by atoms with E-state index in [4.69, 9.17) is 4.42 Å². The Morgan fingerprint density at radius 1 is 1.27 bits per heavy atom. The summed E-state index contributed by atoms with van der Waals surface area (Å²) in [6.07, 6.45) is 8.18. The Kier molecular flexibility index (Phi) is 4.77. The summed E-state index contributed by atoms with van der Waals surface area (Å²) in [7, 11) is 0. The van der Waals surface area contributed by atoms with E-state index in [2.05, 4.69) is 10.3 Å². The van der Waals surface area contributed by atoms with Gasteiger partial charge >= 0.3 is 0 Å². The van der Waals surface area contributed by atoms with Crippen LogP contribution in [0.1, 0.15) is 47.6 Å². The number of carbonyl (C=O) groups is 2. The number of hydrogen-bond donors (Lipinski definition) is 1. The number of amides is 2. The summed E-state index contributed by atoms with van der Waals surface area (Å²) in [6.45, 7) is 2.72. The molecule has 1 saturated heterocycles. The minimum atomic E-state index is -0.198. The number of hydrogen-bond acceptors (Lipinski definition) is 4. The quantitative estimate of drug-likeness (QED) is 0.908. The number of piperidine rings is 1. The van der Waals surface area contributed by atoms with Crippen molar-refractivity contribution < 1.29 is 14.0 Å². The Hall–Kier alpha value is -2.57. The van der Waals surface area contributed by atoms with Crippen LogP contribution in [-0.2, 0) is 24.3 Å². The number of aromatic nitrogens is 2. The molecule has 1 unspecified atom stereocenters. The maximum atomic E-state index is 12.7. The predicted octanol–water partition coefficient (Wildman–Crippen LogP) is 1.98. The Morgan fingerprint density at radius 2 is 2.12 bits per heavy atom. The summed E-state index contributed by atoms with van der Waals surface area (Å²) < 4.78 is 7.20. The van der Waals surface area contributed by atoms with Crippen LogP contribution >= 0.6 is 0 Å². The third-order valence-electron chi connectivity index (χ3n) is 5.33. The Labute approximate surface area is 152 Å². The zero-order valence-electron chi connectivity index (χ0n) is 14.8. The molecule has 2 amide bonds. The number of likely N-dealkylation sites (tertiary alicyclic amines) is 1. The fraction of sp³-hybridized carbons (Fsp3) is 0.526. The second kappa shape index (κ2) is 7.35. The number of nitrogens with one attached hydrogen (secondary N) is 1. The van der Waals surface area contributed by atoms with E-state index < -0.39 is 0 Å². The van der Waals surface area contributed by atoms with Gasteiger partial charge in [0.05, 0.1) is 30.7 Å². The number of carbonyl (C=O) groups excluding carboxylic acids is 2. The van der Waals surface area contributed by atoms with E-state index >= 15 is 0 Å². The summed E-state index contributed by atoms with van der Waals surface area (Å²) in [5.41, 5.74) is 1.38. The molecule has 26 heavy (non-hydrogen) atoms. The van der Waals surface area contributed by atoms with E-state index in [1.165, 1.54) is 6.42 Å².